The van der Waals surface area contributed by atoms with E-state index in [0.29, 0.717) is 17.4 Å². The van der Waals surface area contributed by atoms with Gasteiger partial charge in [-0.1, -0.05) is 23.7 Å². The predicted octanol–water partition coefficient (Wildman–Crippen LogP) is 2.69. The van der Waals surface area contributed by atoms with E-state index in [1.54, 1.807) is 6.07 Å². The SMILES string of the molecule is CC(C)(COc1ccccc1Cl)C(=O)N1CCC(N)CC1. The van der Waals surface area contributed by atoms with Gasteiger partial charge >= 0.3 is 0 Å². The normalized spacial score (nSPS) is 16.9. The van der Waals surface area contributed by atoms with Crippen LogP contribution in [0.5, 0.6) is 5.75 Å². The average molecular weight is 311 g/mol. The standard InChI is InChI=1S/C16H23ClN2O2/c1-16(2,11-21-14-6-4-3-5-13(14)17)15(20)19-9-7-12(18)8-10-19/h3-6,12H,7-11,18H2,1-2H3. The van der Waals surface area contributed by atoms with Crippen molar-refractivity contribution < 1.29 is 9.53 Å². The maximum absolute atomic E-state index is 12.6. The van der Waals surface area contributed by atoms with Gasteiger partial charge in [-0.3, -0.25) is 4.79 Å². The average Bonchev–Trinajstić information content (AvgIpc) is 2.46. The molecule has 5 heteroatoms. The Morgan fingerprint density at radius 3 is 2.62 bits per heavy atom. The first kappa shape index (κ1) is 16.1. The van der Waals surface area contributed by atoms with Gasteiger partial charge < -0.3 is 15.4 Å². The minimum atomic E-state index is -0.583. The third kappa shape index (κ3) is 4.11. The van der Waals surface area contributed by atoms with E-state index in [0.717, 1.165) is 25.9 Å². The maximum atomic E-state index is 12.6. The van der Waals surface area contributed by atoms with Crippen molar-refractivity contribution in [2.45, 2.75) is 32.7 Å². The van der Waals surface area contributed by atoms with Crippen molar-refractivity contribution in [3.8, 4) is 5.75 Å². The molecule has 1 aromatic carbocycles. The van der Waals surface area contributed by atoms with Crippen LogP contribution in [0.15, 0.2) is 24.3 Å². The molecule has 1 aromatic rings. The van der Waals surface area contributed by atoms with E-state index in [2.05, 4.69) is 0 Å². The Morgan fingerprint density at radius 1 is 1.38 bits per heavy atom. The first-order valence-corrected chi connectivity index (χ1v) is 7.70. The van der Waals surface area contributed by atoms with Crippen LogP contribution in [0.3, 0.4) is 0 Å². The van der Waals surface area contributed by atoms with Gasteiger partial charge in [-0.25, -0.2) is 0 Å². The Hall–Kier alpha value is -1.26. The fourth-order valence-corrected chi connectivity index (χ4v) is 2.60. The Bertz CT molecular complexity index is 497. The number of nitrogens with zero attached hydrogens (tertiary/aromatic N) is 1. The summed E-state index contributed by atoms with van der Waals surface area (Å²) in [4.78, 5) is 14.5. The molecule has 21 heavy (non-hydrogen) atoms. The van der Waals surface area contributed by atoms with E-state index in [9.17, 15) is 4.79 Å². The number of ether oxygens (including phenoxy) is 1. The first-order chi connectivity index (χ1) is 9.90. The van der Waals surface area contributed by atoms with Crippen LogP contribution >= 0.6 is 11.6 Å². The zero-order valence-electron chi connectivity index (χ0n) is 12.6. The number of carbonyl (C=O) groups excluding carboxylic acids is 1. The summed E-state index contributed by atoms with van der Waals surface area (Å²) in [5.74, 6) is 0.724. The molecule has 0 atom stereocenters. The maximum Gasteiger partial charge on any atom is 0.231 e. The van der Waals surface area contributed by atoms with Crippen LogP contribution in [0, 0.1) is 5.41 Å². The van der Waals surface area contributed by atoms with Gasteiger partial charge in [0.15, 0.2) is 0 Å². The molecule has 0 saturated carbocycles. The van der Waals surface area contributed by atoms with Crippen molar-refractivity contribution in [1.82, 2.24) is 4.90 Å². The highest BCUT2D eigenvalue weighted by atomic mass is 35.5. The van der Waals surface area contributed by atoms with Crippen LogP contribution in [0.1, 0.15) is 26.7 Å². The van der Waals surface area contributed by atoms with Crippen LogP contribution in [-0.4, -0.2) is 36.5 Å². The molecular weight excluding hydrogens is 288 g/mol. The molecule has 2 N–H and O–H groups in total. The summed E-state index contributed by atoms with van der Waals surface area (Å²) in [6.45, 7) is 5.57. The molecule has 0 spiro atoms. The van der Waals surface area contributed by atoms with Gasteiger partial charge in [-0.2, -0.15) is 0 Å². The quantitative estimate of drug-likeness (QED) is 0.930. The number of amides is 1. The molecule has 1 fully saturated rings. The Labute approximate surface area is 131 Å². The van der Waals surface area contributed by atoms with Gasteiger partial charge in [0.05, 0.1) is 10.4 Å². The molecular formula is C16H23ClN2O2. The molecule has 2 rings (SSSR count). The minimum Gasteiger partial charge on any atom is -0.491 e. The number of hydrogen-bond donors (Lipinski definition) is 1. The van der Waals surface area contributed by atoms with Gasteiger partial charge in [0.25, 0.3) is 0 Å². The summed E-state index contributed by atoms with van der Waals surface area (Å²) in [5.41, 5.74) is 5.30. The molecule has 1 aliphatic heterocycles. The molecule has 0 bridgehead atoms. The second-order valence-electron chi connectivity index (χ2n) is 6.23. The number of carbonyl (C=O) groups is 1. The number of para-hydroxylation sites is 1. The highest BCUT2D eigenvalue weighted by Gasteiger charge is 2.34. The molecule has 1 heterocycles. The molecule has 1 aliphatic rings. The topological polar surface area (TPSA) is 55.6 Å². The highest BCUT2D eigenvalue weighted by molar-refractivity contribution is 6.32. The largest absolute Gasteiger partial charge is 0.491 e. The summed E-state index contributed by atoms with van der Waals surface area (Å²) in [7, 11) is 0. The molecule has 1 saturated heterocycles. The number of hydrogen-bond acceptors (Lipinski definition) is 3. The smallest absolute Gasteiger partial charge is 0.231 e. The molecule has 0 radical (unpaired) electrons. The fourth-order valence-electron chi connectivity index (χ4n) is 2.41. The number of nitrogens with two attached hydrogens (primary N) is 1. The zero-order chi connectivity index (χ0) is 15.5. The summed E-state index contributed by atoms with van der Waals surface area (Å²) in [6, 6.07) is 7.52. The summed E-state index contributed by atoms with van der Waals surface area (Å²) in [5, 5.41) is 0.560. The molecule has 0 aliphatic carbocycles. The van der Waals surface area contributed by atoms with Crippen molar-refractivity contribution in [1.29, 1.82) is 0 Å². The second kappa shape index (κ2) is 6.67. The van der Waals surface area contributed by atoms with Crippen molar-refractivity contribution >= 4 is 17.5 Å². The van der Waals surface area contributed by atoms with Crippen molar-refractivity contribution in [3.63, 3.8) is 0 Å². The van der Waals surface area contributed by atoms with Crippen molar-refractivity contribution in [3.05, 3.63) is 29.3 Å². The summed E-state index contributed by atoms with van der Waals surface area (Å²) in [6.07, 6.45) is 1.74. The predicted molar refractivity (Wildman–Crippen MR) is 84.5 cm³/mol. The molecule has 1 amide bonds. The van der Waals surface area contributed by atoms with Crippen LogP contribution in [-0.2, 0) is 4.79 Å². The fraction of sp³-hybridized carbons (Fsp3) is 0.562. The molecule has 0 aromatic heterocycles. The summed E-state index contributed by atoms with van der Waals surface area (Å²) >= 11 is 6.06. The van der Waals surface area contributed by atoms with Crippen LogP contribution in [0.2, 0.25) is 5.02 Å². The lowest BCUT2D eigenvalue weighted by Gasteiger charge is -2.36. The number of rotatable bonds is 4. The van der Waals surface area contributed by atoms with Gasteiger partial charge in [0.1, 0.15) is 12.4 Å². The Balaban J connectivity index is 1.94. The van der Waals surface area contributed by atoms with Gasteiger partial charge in [-0.15, -0.1) is 0 Å². The zero-order valence-corrected chi connectivity index (χ0v) is 13.4. The Kier molecular flexibility index (Phi) is 5.12. The highest BCUT2D eigenvalue weighted by Crippen LogP contribution is 2.27. The Morgan fingerprint density at radius 2 is 2.00 bits per heavy atom. The first-order valence-electron chi connectivity index (χ1n) is 7.32. The van der Waals surface area contributed by atoms with E-state index in [1.165, 1.54) is 0 Å². The third-order valence-electron chi connectivity index (χ3n) is 3.83. The number of halogens is 1. The van der Waals surface area contributed by atoms with Crippen LogP contribution in [0.4, 0.5) is 0 Å². The van der Waals surface area contributed by atoms with E-state index in [1.807, 2.05) is 36.9 Å². The number of benzene rings is 1. The van der Waals surface area contributed by atoms with E-state index in [4.69, 9.17) is 22.1 Å². The molecule has 116 valence electrons. The lowest BCUT2D eigenvalue weighted by atomic mass is 9.91. The number of piperidine rings is 1. The lowest BCUT2D eigenvalue weighted by molar-refractivity contribution is -0.143. The van der Waals surface area contributed by atoms with E-state index >= 15 is 0 Å². The van der Waals surface area contributed by atoms with Crippen molar-refractivity contribution in [2.24, 2.45) is 11.1 Å². The van der Waals surface area contributed by atoms with Gasteiger partial charge in [-0.05, 0) is 38.8 Å². The minimum absolute atomic E-state index is 0.112. The van der Waals surface area contributed by atoms with E-state index in [-0.39, 0.29) is 11.9 Å². The third-order valence-corrected chi connectivity index (χ3v) is 4.14. The summed E-state index contributed by atoms with van der Waals surface area (Å²) < 4.78 is 5.73. The molecule has 4 nitrogen and oxygen atoms in total. The van der Waals surface area contributed by atoms with Crippen molar-refractivity contribution in [2.75, 3.05) is 19.7 Å². The van der Waals surface area contributed by atoms with E-state index < -0.39 is 5.41 Å². The molecule has 0 unspecified atom stereocenters. The monoisotopic (exact) mass is 310 g/mol. The van der Waals surface area contributed by atoms with Crippen LogP contribution in [0.25, 0.3) is 0 Å². The van der Waals surface area contributed by atoms with Gasteiger partial charge in [0.2, 0.25) is 5.91 Å². The van der Waals surface area contributed by atoms with Gasteiger partial charge in [0, 0.05) is 19.1 Å². The number of likely N-dealkylation sites (tertiary alicyclic amines) is 1. The second-order valence-corrected chi connectivity index (χ2v) is 6.64. The van der Waals surface area contributed by atoms with Crippen LogP contribution < -0.4 is 10.5 Å². The lowest BCUT2D eigenvalue weighted by Crippen LogP contribution is -2.49.